The quantitative estimate of drug-likeness (QED) is 0.878. The van der Waals surface area contributed by atoms with E-state index in [-0.39, 0.29) is 0 Å². The van der Waals surface area contributed by atoms with Gasteiger partial charge in [0.15, 0.2) is 5.13 Å². The molecular weight excluding hydrogens is 244 g/mol. The third-order valence-electron chi connectivity index (χ3n) is 3.11. The first kappa shape index (κ1) is 12.1. The summed E-state index contributed by atoms with van der Waals surface area (Å²) in [6.07, 6.45) is 4.09. The van der Waals surface area contributed by atoms with Crippen LogP contribution in [0.2, 0.25) is 5.15 Å². The largest absolute Gasteiger partial charge is 0.388 e. The second kappa shape index (κ2) is 4.90. The molecule has 1 aliphatic carbocycles. The topological polar surface area (TPSA) is 45.1 Å². The van der Waals surface area contributed by atoms with Gasteiger partial charge >= 0.3 is 0 Å². The van der Waals surface area contributed by atoms with Crippen LogP contribution in [0.3, 0.4) is 0 Å². The van der Waals surface area contributed by atoms with E-state index in [2.05, 4.69) is 17.2 Å². The molecule has 3 nitrogen and oxygen atoms in total. The fourth-order valence-electron chi connectivity index (χ4n) is 2.37. The molecule has 2 atom stereocenters. The van der Waals surface area contributed by atoms with Crippen LogP contribution in [0.4, 0.5) is 5.13 Å². The molecule has 90 valence electrons. The van der Waals surface area contributed by atoms with Crippen molar-refractivity contribution in [3.05, 3.63) is 10.5 Å². The van der Waals surface area contributed by atoms with E-state index in [1.165, 1.54) is 17.8 Å². The van der Waals surface area contributed by atoms with Crippen LogP contribution in [-0.2, 0) is 0 Å². The van der Waals surface area contributed by atoms with Gasteiger partial charge in [0.25, 0.3) is 0 Å². The van der Waals surface area contributed by atoms with E-state index in [1.54, 1.807) is 5.38 Å². The molecule has 0 saturated heterocycles. The molecule has 0 aromatic carbocycles. The normalized spacial score (nSPS) is 30.3. The summed E-state index contributed by atoms with van der Waals surface area (Å²) < 4.78 is 0. The molecule has 1 heterocycles. The number of aliphatic hydroxyl groups is 1. The number of nitrogens with one attached hydrogen (secondary N) is 1. The summed E-state index contributed by atoms with van der Waals surface area (Å²) in [5.74, 6) is 0.612. The fourth-order valence-corrected chi connectivity index (χ4v) is 3.20. The fraction of sp³-hybridized carbons (Fsp3) is 0.727. The van der Waals surface area contributed by atoms with Crippen molar-refractivity contribution in [2.45, 2.75) is 38.2 Å². The van der Waals surface area contributed by atoms with E-state index in [0.29, 0.717) is 17.6 Å². The molecule has 1 aliphatic rings. The Balaban J connectivity index is 1.88. The lowest BCUT2D eigenvalue weighted by Gasteiger charge is -2.35. The van der Waals surface area contributed by atoms with Crippen LogP contribution >= 0.6 is 22.9 Å². The summed E-state index contributed by atoms with van der Waals surface area (Å²) in [6, 6.07) is 0. The second-order valence-corrected chi connectivity index (χ2v) is 6.00. The molecule has 5 heteroatoms. The highest BCUT2D eigenvalue weighted by atomic mass is 35.5. The Labute approximate surface area is 105 Å². The zero-order valence-corrected chi connectivity index (χ0v) is 10.9. The van der Waals surface area contributed by atoms with Crippen LogP contribution in [-0.4, -0.2) is 22.2 Å². The van der Waals surface area contributed by atoms with Gasteiger partial charge in [-0.2, -0.15) is 0 Å². The van der Waals surface area contributed by atoms with Gasteiger partial charge in [0.1, 0.15) is 5.15 Å². The van der Waals surface area contributed by atoms with E-state index >= 15 is 0 Å². The molecule has 1 fully saturated rings. The van der Waals surface area contributed by atoms with Crippen LogP contribution in [0.15, 0.2) is 5.38 Å². The molecule has 0 aliphatic heterocycles. The third kappa shape index (κ3) is 3.09. The molecule has 0 radical (unpaired) electrons. The van der Waals surface area contributed by atoms with Gasteiger partial charge in [0.2, 0.25) is 0 Å². The molecule has 0 spiro atoms. The minimum Gasteiger partial charge on any atom is -0.388 e. The molecule has 2 N–H and O–H groups in total. The van der Waals surface area contributed by atoms with Gasteiger partial charge in [-0.15, -0.1) is 11.3 Å². The molecule has 2 rings (SSSR count). The molecule has 16 heavy (non-hydrogen) atoms. The van der Waals surface area contributed by atoms with Crippen molar-refractivity contribution in [2.75, 3.05) is 11.9 Å². The monoisotopic (exact) mass is 260 g/mol. The smallest absolute Gasteiger partial charge is 0.184 e. The predicted molar refractivity (Wildman–Crippen MR) is 68.2 cm³/mol. The molecule has 1 aromatic heterocycles. The van der Waals surface area contributed by atoms with Gasteiger partial charge in [0, 0.05) is 11.9 Å². The van der Waals surface area contributed by atoms with Crippen molar-refractivity contribution < 1.29 is 5.11 Å². The van der Waals surface area contributed by atoms with Crippen LogP contribution in [0.1, 0.15) is 32.6 Å². The maximum Gasteiger partial charge on any atom is 0.184 e. The predicted octanol–water partition coefficient (Wildman–Crippen LogP) is 3.15. The highest BCUT2D eigenvalue weighted by molar-refractivity contribution is 7.14. The van der Waals surface area contributed by atoms with Gasteiger partial charge in [0.05, 0.1) is 5.60 Å². The van der Waals surface area contributed by atoms with Gasteiger partial charge in [-0.05, 0) is 18.8 Å². The number of hydrogen-bond donors (Lipinski definition) is 2. The summed E-state index contributed by atoms with van der Waals surface area (Å²) >= 11 is 7.21. The van der Waals surface area contributed by atoms with Crippen LogP contribution < -0.4 is 5.32 Å². The van der Waals surface area contributed by atoms with E-state index in [4.69, 9.17) is 11.6 Å². The number of rotatable bonds is 3. The maximum atomic E-state index is 10.4. The van der Waals surface area contributed by atoms with Crippen molar-refractivity contribution in [2.24, 2.45) is 5.92 Å². The van der Waals surface area contributed by atoms with Crippen molar-refractivity contribution in [3.63, 3.8) is 0 Å². The summed E-state index contributed by atoms with van der Waals surface area (Å²) in [4.78, 5) is 4.11. The van der Waals surface area contributed by atoms with Crippen molar-refractivity contribution in [1.82, 2.24) is 4.98 Å². The zero-order valence-electron chi connectivity index (χ0n) is 9.37. The van der Waals surface area contributed by atoms with Crippen LogP contribution in [0.5, 0.6) is 0 Å². The van der Waals surface area contributed by atoms with Crippen molar-refractivity contribution >= 4 is 28.1 Å². The number of thiazole rings is 1. The lowest BCUT2D eigenvalue weighted by Crippen LogP contribution is -2.41. The highest BCUT2D eigenvalue weighted by Crippen LogP contribution is 2.32. The Morgan fingerprint density at radius 2 is 2.56 bits per heavy atom. The first-order chi connectivity index (χ1) is 7.57. The number of anilines is 1. The molecule has 0 bridgehead atoms. The Morgan fingerprint density at radius 1 is 1.75 bits per heavy atom. The molecule has 0 amide bonds. The van der Waals surface area contributed by atoms with Gasteiger partial charge in [-0.3, -0.25) is 0 Å². The van der Waals surface area contributed by atoms with Gasteiger partial charge in [-0.25, -0.2) is 4.98 Å². The van der Waals surface area contributed by atoms with Crippen LogP contribution in [0.25, 0.3) is 0 Å². The van der Waals surface area contributed by atoms with E-state index in [0.717, 1.165) is 24.4 Å². The number of aromatic nitrogens is 1. The van der Waals surface area contributed by atoms with E-state index < -0.39 is 5.60 Å². The summed E-state index contributed by atoms with van der Waals surface area (Å²) in [5, 5.41) is 16.6. The Bertz CT molecular complexity index is 358. The van der Waals surface area contributed by atoms with E-state index in [1.807, 2.05) is 0 Å². The number of halogens is 1. The number of nitrogens with zero attached hydrogens (tertiary/aromatic N) is 1. The Hall–Kier alpha value is -0.320. The van der Waals surface area contributed by atoms with Gasteiger partial charge < -0.3 is 10.4 Å². The molecule has 1 aromatic rings. The van der Waals surface area contributed by atoms with Gasteiger partial charge in [-0.1, -0.05) is 31.4 Å². The minimum absolute atomic E-state index is 0.511. The summed E-state index contributed by atoms with van der Waals surface area (Å²) in [5.41, 5.74) is -0.574. The third-order valence-corrected chi connectivity index (χ3v) is 4.24. The number of hydrogen-bond acceptors (Lipinski definition) is 4. The summed E-state index contributed by atoms with van der Waals surface area (Å²) in [6.45, 7) is 2.77. The second-order valence-electron chi connectivity index (χ2n) is 4.75. The molecular formula is C11H17ClN2OS. The van der Waals surface area contributed by atoms with Crippen molar-refractivity contribution in [3.8, 4) is 0 Å². The highest BCUT2D eigenvalue weighted by Gasteiger charge is 2.32. The Kier molecular flexibility index (Phi) is 3.72. The first-order valence-electron chi connectivity index (χ1n) is 5.65. The standard InChI is InChI=1S/C11H17ClN2OS/c1-8-3-2-4-11(15,5-8)7-13-10-14-9(12)6-16-10/h6,8,15H,2-5,7H2,1H3,(H,13,14). The van der Waals surface area contributed by atoms with Crippen molar-refractivity contribution in [1.29, 1.82) is 0 Å². The average Bonchev–Trinajstić information content (AvgIpc) is 2.61. The van der Waals surface area contributed by atoms with Crippen LogP contribution in [0, 0.1) is 5.92 Å². The first-order valence-corrected chi connectivity index (χ1v) is 6.90. The minimum atomic E-state index is -0.574. The lowest BCUT2D eigenvalue weighted by molar-refractivity contribution is -0.000763. The maximum absolute atomic E-state index is 10.4. The Morgan fingerprint density at radius 3 is 3.19 bits per heavy atom. The molecule has 1 saturated carbocycles. The zero-order chi connectivity index (χ0) is 11.6. The average molecular weight is 261 g/mol. The van der Waals surface area contributed by atoms with E-state index in [9.17, 15) is 5.11 Å². The lowest BCUT2D eigenvalue weighted by atomic mass is 9.79. The summed E-state index contributed by atoms with van der Waals surface area (Å²) in [7, 11) is 0. The molecule has 2 unspecified atom stereocenters. The SMILES string of the molecule is CC1CCCC(O)(CNc2nc(Cl)cs2)C1.